The van der Waals surface area contributed by atoms with E-state index in [2.05, 4.69) is 5.32 Å². The molecule has 0 aromatic heterocycles. The van der Waals surface area contributed by atoms with Crippen LogP contribution in [0.4, 0.5) is 10.5 Å². The molecule has 0 aliphatic carbocycles. The average Bonchev–Trinajstić information content (AvgIpc) is 2.41. The number of rotatable bonds is 2. The van der Waals surface area contributed by atoms with Crippen molar-refractivity contribution in [3.05, 3.63) is 29.8 Å². The minimum Gasteiger partial charge on any atom is -0.377 e. The maximum atomic E-state index is 12.1. The van der Waals surface area contributed by atoms with E-state index in [-0.39, 0.29) is 36.6 Å². The molecular formula is C13H18IN3O3. The lowest BCUT2D eigenvalue weighted by Crippen LogP contribution is -2.55. The van der Waals surface area contributed by atoms with E-state index >= 15 is 0 Å². The second kappa shape index (κ2) is 7.44. The Balaban J connectivity index is 0.00000200. The number of anilines is 1. The summed E-state index contributed by atoms with van der Waals surface area (Å²) in [6.45, 7) is 2.88. The van der Waals surface area contributed by atoms with Gasteiger partial charge >= 0.3 is 6.03 Å². The number of nitrogens with one attached hydrogen (secondary N) is 1. The van der Waals surface area contributed by atoms with Crippen molar-refractivity contribution in [3.8, 4) is 0 Å². The second-order valence-corrected chi connectivity index (χ2v) is 4.48. The summed E-state index contributed by atoms with van der Waals surface area (Å²) in [4.78, 5) is 24.8. The summed E-state index contributed by atoms with van der Waals surface area (Å²) in [5.41, 5.74) is 7.06. The lowest BCUT2D eigenvalue weighted by atomic mass is 10.2. The number of morpholine rings is 1. The van der Waals surface area contributed by atoms with Gasteiger partial charge in [-0.2, -0.15) is 0 Å². The summed E-state index contributed by atoms with van der Waals surface area (Å²) >= 11 is 0. The first kappa shape index (κ1) is 16.7. The van der Waals surface area contributed by atoms with E-state index in [1.807, 2.05) is 31.2 Å². The maximum absolute atomic E-state index is 12.1. The number of carbonyl (C=O) groups is 2. The summed E-state index contributed by atoms with van der Waals surface area (Å²) in [6, 6.07) is 6.39. The zero-order valence-electron chi connectivity index (χ0n) is 11.2. The Kier molecular flexibility index (Phi) is 6.21. The fourth-order valence-electron chi connectivity index (χ4n) is 1.91. The molecule has 0 saturated carbocycles. The van der Waals surface area contributed by atoms with Gasteiger partial charge in [0, 0.05) is 12.2 Å². The van der Waals surface area contributed by atoms with Crippen LogP contribution < -0.4 is 11.1 Å². The Morgan fingerprint density at radius 1 is 1.35 bits per heavy atom. The number of nitrogens with zero attached hydrogens (tertiary/aromatic N) is 1. The Bertz CT molecular complexity index is 478. The third kappa shape index (κ3) is 4.07. The highest BCUT2D eigenvalue weighted by Gasteiger charge is 2.31. The molecule has 20 heavy (non-hydrogen) atoms. The predicted molar refractivity (Wildman–Crippen MR) is 86.1 cm³/mol. The van der Waals surface area contributed by atoms with Gasteiger partial charge in [-0.3, -0.25) is 4.79 Å². The van der Waals surface area contributed by atoms with Gasteiger partial charge in [0.15, 0.2) is 0 Å². The average molecular weight is 391 g/mol. The normalized spacial score (nSPS) is 18.1. The maximum Gasteiger partial charge on any atom is 0.322 e. The van der Waals surface area contributed by atoms with Crippen molar-refractivity contribution in [2.75, 3.05) is 25.1 Å². The highest BCUT2D eigenvalue weighted by molar-refractivity contribution is 14.0. The minimum atomic E-state index is -0.709. The lowest BCUT2D eigenvalue weighted by molar-refractivity contribution is -0.126. The first-order chi connectivity index (χ1) is 9.08. The van der Waals surface area contributed by atoms with Crippen LogP contribution in [-0.4, -0.2) is 42.6 Å². The van der Waals surface area contributed by atoms with Gasteiger partial charge in [-0.1, -0.05) is 17.7 Å². The van der Waals surface area contributed by atoms with Crippen LogP contribution in [0.2, 0.25) is 0 Å². The summed E-state index contributed by atoms with van der Waals surface area (Å²) in [5, 5.41) is 2.75. The van der Waals surface area contributed by atoms with Gasteiger partial charge in [-0.25, -0.2) is 4.79 Å². The molecule has 0 radical (unpaired) electrons. The molecule has 2 rings (SSSR count). The molecule has 3 amide bonds. The lowest BCUT2D eigenvalue weighted by Gasteiger charge is -2.33. The Labute approximate surface area is 134 Å². The van der Waals surface area contributed by atoms with Gasteiger partial charge in [-0.05, 0) is 19.1 Å². The van der Waals surface area contributed by atoms with Crippen molar-refractivity contribution in [2.45, 2.75) is 13.0 Å². The number of aryl methyl sites for hydroxylation is 1. The van der Waals surface area contributed by atoms with E-state index in [9.17, 15) is 9.59 Å². The summed E-state index contributed by atoms with van der Waals surface area (Å²) in [5.74, 6) is -0.557. The summed E-state index contributed by atoms with van der Waals surface area (Å²) in [7, 11) is 0. The molecule has 1 saturated heterocycles. The third-order valence-corrected chi connectivity index (χ3v) is 3.02. The number of carbonyl (C=O) groups excluding carboxylic acids is 2. The monoisotopic (exact) mass is 391 g/mol. The third-order valence-electron chi connectivity index (χ3n) is 3.02. The van der Waals surface area contributed by atoms with E-state index in [0.717, 1.165) is 5.56 Å². The van der Waals surface area contributed by atoms with Crippen LogP contribution in [0.5, 0.6) is 0 Å². The van der Waals surface area contributed by atoms with Crippen molar-refractivity contribution in [3.63, 3.8) is 0 Å². The van der Waals surface area contributed by atoms with Crippen LogP contribution in [-0.2, 0) is 9.53 Å². The van der Waals surface area contributed by atoms with E-state index in [1.54, 1.807) is 0 Å². The summed E-state index contributed by atoms with van der Waals surface area (Å²) < 4.78 is 5.17. The minimum absolute atomic E-state index is 0. The quantitative estimate of drug-likeness (QED) is 0.747. The van der Waals surface area contributed by atoms with Crippen LogP contribution in [0.25, 0.3) is 0 Å². The van der Waals surface area contributed by atoms with E-state index < -0.39 is 11.9 Å². The van der Waals surface area contributed by atoms with Crippen molar-refractivity contribution in [1.82, 2.24) is 4.90 Å². The summed E-state index contributed by atoms with van der Waals surface area (Å²) in [6.07, 6.45) is 0. The van der Waals surface area contributed by atoms with Crippen LogP contribution in [0.15, 0.2) is 24.3 Å². The number of nitrogens with two attached hydrogens (primary N) is 1. The molecule has 1 aromatic carbocycles. The molecule has 1 aliphatic rings. The molecule has 1 heterocycles. The SMILES string of the molecule is Cc1ccc(NC(=O)N2CCOCC2C(N)=O)cc1.I. The van der Waals surface area contributed by atoms with E-state index in [0.29, 0.717) is 18.8 Å². The van der Waals surface area contributed by atoms with Crippen molar-refractivity contribution in [2.24, 2.45) is 5.73 Å². The molecule has 3 N–H and O–H groups in total. The number of halogens is 1. The smallest absolute Gasteiger partial charge is 0.322 e. The predicted octanol–water partition coefficient (Wildman–Crippen LogP) is 1.33. The van der Waals surface area contributed by atoms with Crippen LogP contribution in [0.3, 0.4) is 0 Å². The number of ether oxygens (including phenoxy) is 1. The Morgan fingerprint density at radius 2 is 2.00 bits per heavy atom. The van der Waals surface area contributed by atoms with Gasteiger partial charge < -0.3 is 20.7 Å². The molecule has 0 spiro atoms. The first-order valence-electron chi connectivity index (χ1n) is 6.09. The molecule has 110 valence electrons. The molecule has 0 bridgehead atoms. The molecule has 1 unspecified atom stereocenters. The molecular weight excluding hydrogens is 373 g/mol. The van der Waals surface area contributed by atoms with Gasteiger partial charge in [-0.15, -0.1) is 24.0 Å². The highest BCUT2D eigenvalue weighted by Crippen LogP contribution is 2.12. The number of primary amides is 1. The fraction of sp³-hybridized carbons (Fsp3) is 0.385. The zero-order valence-corrected chi connectivity index (χ0v) is 13.5. The van der Waals surface area contributed by atoms with Gasteiger partial charge in [0.25, 0.3) is 0 Å². The van der Waals surface area contributed by atoms with Gasteiger partial charge in [0.2, 0.25) is 5.91 Å². The molecule has 7 heteroatoms. The Morgan fingerprint density at radius 3 is 2.60 bits per heavy atom. The van der Waals surface area contributed by atoms with Gasteiger partial charge in [0.05, 0.1) is 13.2 Å². The topological polar surface area (TPSA) is 84.7 Å². The van der Waals surface area contributed by atoms with E-state index in [4.69, 9.17) is 10.5 Å². The van der Waals surface area contributed by atoms with Crippen LogP contribution in [0, 0.1) is 6.92 Å². The second-order valence-electron chi connectivity index (χ2n) is 4.48. The number of benzene rings is 1. The number of amides is 3. The van der Waals surface area contributed by atoms with E-state index in [1.165, 1.54) is 4.90 Å². The highest BCUT2D eigenvalue weighted by atomic mass is 127. The van der Waals surface area contributed by atoms with Crippen LogP contribution in [0.1, 0.15) is 5.56 Å². The van der Waals surface area contributed by atoms with Crippen molar-refractivity contribution >= 4 is 41.6 Å². The number of urea groups is 1. The number of hydrogen-bond donors (Lipinski definition) is 2. The van der Waals surface area contributed by atoms with Crippen molar-refractivity contribution in [1.29, 1.82) is 0 Å². The molecule has 1 aromatic rings. The molecule has 6 nitrogen and oxygen atoms in total. The molecule has 1 fully saturated rings. The van der Waals surface area contributed by atoms with Crippen molar-refractivity contribution < 1.29 is 14.3 Å². The fourth-order valence-corrected chi connectivity index (χ4v) is 1.91. The van der Waals surface area contributed by atoms with Crippen LogP contribution >= 0.6 is 24.0 Å². The van der Waals surface area contributed by atoms with Gasteiger partial charge in [0.1, 0.15) is 6.04 Å². The molecule has 1 aliphatic heterocycles. The Hall–Kier alpha value is -1.35. The zero-order chi connectivity index (χ0) is 13.8. The number of hydrogen-bond acceptors (Lipinski definition) is 3. The first-order valence-corrected chi connectivity index (χ1v) is 6.09. The largest absolute Gasteiger partial charge is 0.377 e. The standard InChI is InChI=1S/C13H17N3O3.HI/c1-9-2-4-10(5-3-9)15-13(18)16-6-7-19-8-11(16)12(14)17;/h2-5,11H,6-8H2,1H3,(H2,14,17)(H,15,18);1H. The molecule has 1 atom stereocenters.